The van der Waals surface area contributed by atoms with E-state index < -0.39 is 0 Å². The molecule has 2 amide bonds. The third-order valence-electron chi connectivity index (χ3n) is 4.48. The van der Waals surface area contributed by atoms with Crippen molar-refractivity contribution >= 4 is 39.6 Å². The summed E-state index contributed by atoms with van der Waals surface area (Å²) in [6.45, 7) is 8.73. The Hall–Kier alpha value is -2.87. The topological polar surface area (TPSA) is 89.0 Å². The van der Waals surface area contributed by atoms with E-state index in [1.165, 1.54) is 6.21 Å². The van der Waals surface area contributed by atoms with Crippen LogP contribution in [0.15, 0.2) is 39.9 Å². The van der Waals surface area contributed by atoms with Crippen LogP contribution in [-0.4, -0.2) is 31.2 Å². The molecule has 8 heteroatoms. The Balaban J connectivity index is 1.89. The Morgan fingerprint density at radius 1 is 1.06 bits per heavy atom. The van der Waals surface area contributed by atoms with Crippen LogP contribution in [0.25, 0.3) is 0 Å². The fourth-order valence-corrected chi connectivity index (χ4v) is 3.34. The molecule has 0 radical (unpaired) electrons. The number of carbonyl (C=O) groups is 2. The van der Waals surface area contributed by atoms with E-state index in [-0.39, 0.29) is 24.7 Å². The molecule has 0 spiro atoms. The lowest BCUT2D eigenvalue weighted by Crippen LogP contribution is -2.21. The number of hydrazone groups is 1. The van der Waals surface area contributed by atoms with Gasteiger partial charge in [0, 0.05) is 18.5 Å². The summed E-state index contributed by atoms with van der Waals surface area (Å²) in [7, 11) is 0. The largest absolute Gasteiger partial charge is 0.490 e. The molecule has 0 aliphatic carbocycles. The van der Waals surface area contributed by atoms with Gasteiger partial charge in [0.1, 0.15) is 0 Å². The summed E-state index contributed by atoms with van der Waals surface area (Å²) in [5.41, 5.74) is 6.04. The molecule has 2 N–H and O–H groups in total. The zero-order chi connectivity index (χ0) is 22.8. The van der Waals surface area contributed by atoms with Gasteiger partial charge in [-0.1, -0.05) is 12.1 Å². The first-order valence-electron chi connectivity index (χ1n) is 10.1. The first kappa shape index (κ1) is 24.4. The van der Waals surface area contributed by atoms with E-state index >= 15 is 0 Å². The van der Waals surface area contributed by atoms with Crippen LogP contribution in [0.4, 0.5) is 5.69 Å². The van der Waals surface area contributed by atoms with Crippen LogP contribution >= 0.6 is 15.9 Å². The van der Waals surface area contributed by atoms with Gasteiger partial charge in [-0.15, -0.1) is 0 Å². The highest BCUT2D eigenvalue weighted by Gasteiger charge is 2.12. The predicted molar refractivity (Wildman–Crippen MR) is 126 cm³/mol. The molecule has 2 aromatic rings. The lowest BCUT2D eigenvalue weighted by atomic mass is 10.1. The van der Waals surface area contributed by atoms with Crippen molar-refractivity contribution in [2.24, 2.45) is 5.10 Å². The van der Waals surface area contributed by atoms with Crippen molar-refractivity contribution in [3.8, 4) is 11.5 Å². The quantitative estimate of drug-likeness (QED) is 0.372. The Morgan fingerprint density at radius 3 is 2.48 bits per heavy atom. The lowest BCUT2D eigenvalue weighted by molar-refractivity contribution is -0.124. The number of benzene rings is 2. The highest BCUT2D eigenvalue weighted by atomic mass is 79.9. The number of ether oxygens (including phenoxy) is 2. The first-order chi connectivity index (χ1) is 14.8. The Morgan fingerprint density at radius 2 is 1.77 bits per heavy atom. The Labute approximate surface area is 191 Å². The molecule has 2 aromatic carbocycles. The van der Waals surface area contributed by atoms with Gasteiger partial charge in [-0.25, -0.2) is 5.43 Å². The smallest absolute Gasteiger partial charge is 0.240 e. The van der Waals surface area contributed by atoms with Crippen molar-refractivity contribution in [3.05, 3.63) is 51.5 Å². The molecule has 0 aromatic heterocycles. The molecule has 0 heterocycles. The maximum absolute atomic E-state index is 12.1. The average molecular weight is 490 g/mol. The monoisotopic (exact) mass is 489 g/mol. The van der Waals surface area contributed by atoms with E-state index in [1.54, 1.807) is 6.07 Å². The van der Waals surface area contributed by atoms with Crippen LogP contribution in [0.5, 0.6) is 11.5 Å². The highest BCUT2D eigenvalue weighted by molar-refractivity contribution is 9.10. The zero-order valence-corrected chi connectivity index (χ0v) is 19.8. The standard InChI is InChI=1S/C23H28BrN3O4/c1-5-30-20-13-17(12-18(24)23(20)31-6-2)14-25-27-22(29)11-10-21(28)26-19-9-7-8-15(3)16(19)4/h7-9,12-14H,5-6,10-11H2,1-4H3,(H,26,28)(H,27,29). The Bertz CT molecular complexity index is 960. The van der Waals surface area contributed by atoms with Crippen molar-refractivity contribution in [2.45, 2.75) is 40.5 Å². The minimum Gasteiger partial charge on any atom is -0.490 e. The summed E-state index contributed by atoms with van der Waals surface area (Å²) in [6, 6.07) is 9.32. The lowest BCUT2D eigenvalue weighted by Gasteiger charge is -2.13. The number of nitrogens with one attached hydrogen (secondary N) is 2. The van der Waals surface area contributed by atoms with Gasteiger partial charge in [-0.05, 0) is 78.5 Å². The van der Waals surface area contributed by atoms with E-state index in [2.05, 4.69) is 31.8 Å². The maximum Gasteiger partial charge on any atom is 0.240 e. The van der Waals surface area contributed by atoms with E-state index in [1.807, 2.05) is 52.0 Å². The second-order valence-corrected chi connectivity index (χ2v) is 7.64. The van der Waals surface area contributed by atoms with Gasteiger partial charge < -0.3 is 14.8 Å². The van der Waals surface area contributed by atoms with Gasteiger partial charge in [-0.3, -0.25) is 9.59 Å². The second kappa shape index (κ2) is 12.1. The highest BCUT2D eigenvalue weighted by Crippen LogP contribution is 2.36. The number of aryl methyl sites for hydroxylation is 1. The second-order valence-electron chi connectivity index (χ2n) is 6.78. The molecular weight excluding hydrogens is 462 g/mol. The van der Waals surface area contributed by atoms with Crippen LogP contribution in [0, 0.1) is 13.8 Å². The van der Waals surface area contributed by atoms with Crippen LogP contribution in [-0.2, 0) is 9.59 Å². The van der Waals surface area contributed by atoms with Crippen molar-refractivity contribution in [1.29, 1.82) is 0 Å². The molecule has 0 atom stereocenters. The van der Waals surface area contributed by atoms with Gasteiger partial charge in [0.25, 0.3) is 0 Å². The van der Waals surface area contributed by atoms with Gasteiger partial charge in [0.15, 0.2) is 11.5 Å². The molecule has 31 heavy (non-hydrogen) atoms. The SMILES string of the molecule is CCOc1cc(C=NNC(=O)CCC(=O)Nc2cccc(C)c2C)cc(Br)c1OCC. The molecule has 0 aliphatic rings. The molecule has 0 fully saturated rings. The summed E-state index contributed by atoms with van der Waals surface area (Å²) in [5.74, 6) is 0.655. The molecular formula is C23H28BrN3O4. The molecule has 166 valence electrons. The minimum absolute atomic E-state index is 0.0329. The number of rotatable bonds is 10. The predicted octanol–water partition coefficient (Wildman–Crippen LogP) is 4.73. The van der Waals surface area contributed by atoms with E-state index in [9.17, 15) is 9.59 Å². The van der Waals surface area contributed by atoms with E-state index in [0.717, 1.165) is 26.9 Å². The zero-order valence-electron chi connectivity index (χ0n) is 18.3. The number of hydrogen-bond acceptors (Lipinski definition) is 5. The summed E-state index contributed by atoms with van der Waals surface area (Å²) in [6.07, 6.45) is 1.61. The van der Waals surface area contributed by atoms with Gasteiger partial charge in [0.2, 0.25) is 11.8 Å². The fraction of sp³-hybridized carbons (Fsp3) is 0.348. The van der Waals surface area contributed by atoms with Crippen molar-refractivity contribution in [3.63, 3.8) is 0 Å². The van der Waals surface area contributed by atoms with Gasteiger partial charge in [0.05, 0.1) is 23.9 Å². The fourth-order valence-electron chi connectivity index (χ4n) is 2.77. The normalized spacial score (nSPS) is 10.7. The molecule has 0 bridgehead atoms. The van der Waals surface area contributed by atoms with Crippen LogP contribution in [0.3, 0.4) is 0 Å². The number of amides is 2. The summed E-state index contributed by atoms with van der Waals surface area (Å²) < 4.78 is 12.0. The molecule has 0 aliphatic heterocycles. The number of nitrogens with zero attached hydrogens (tertiary/aromatic N) is 1. The number of carbonyl (C=O) groups excluding carboxylic acids is 2. The van der Waals surface area contributed by atoms with Crippen LogP contribution < -0.4 is 20.2 Å². The molecule has 0 saturated carbocycles. The first-order valence-corrected chi connectivity index (χ1v) is 10.9. The molecule has 2 rings (SSSR count). The summed E-state index contributed by atoms with van der Waals surface area (Å²) in [4.78, 5) is 24.2. The maximum atomic E-state index is 12.1. The summed E-state index contributed by atoms with van der Waals surface area (Å²) >= 11 is 3.47. The van der Waals surface area contributed by atoms with Gasteiger partial charge >= 0.3 is 0 Å². The minimum atomic E-state index is -0.345. The van der Waals surface area contributed by atoms with Crippen molar-refractivity contribution in [2.75, 3.05) is 18.5 Å². The third kappa shape index (κ3) is 7.40. The number of hydrogen-bond donors (Lipinski definition) is 2. The van der Waals surface area contributed by atoms with E-state index in [4.69, 9.17) is 9.47 Å². The van der Waals surface area contributed by atoms with E-state index in [0.29, 0.717) is 24.7 Å². The third-order valence-corrected chi connectivity index (χ3v) is 5.07. The number of halogens is 1. The van der Waals surface area contributed by atoms with Crippen molar-refractivity contribution in [1.82, 2.24) is 5.43 Å². The van der Waals surface area contributed by atoms with Crippen LogP contribution in [0.2, 0.25) is 0 Å². The van der Waals surface area contributed by atoms with Crippen molar-refractivity contribution < 1.29 is 19.1 Å². The Kier molecular flexibility index (Phi) is 9.52. The average Bonchev–Trinajstić information content (AvgIpc) is 2.72. The molecule has 0 unspecified atom stereocenters. The molecule has 7 nitrogen and oxygen atoms in total. The molecule has 0 saturated heterocycles. The van der Waals surface area contributed by atoms with Gasteiger partial charge in [-0.2, -0.15) is 5.10 Å². The summed E-state index contributed by atoms with van der Waals surface area (Å²) in [5, 5.41) is 6.81. The number of anilines is 1. The van der Waals surface area contributed by atoms with Crippen LogP contribution in [0.1, 0.15) is 43.4 Å².